The molecule has 1 aromatic carbocycles. The number of hydrogen-bond acceptors (Lipinski definition) is 3. The number of carbonyl (C=O) groups is 1. The third kappa shape index (κ3) is 2.47. The lowest BCUT2D eigenvalue weighted by Crippen LogP contribution is -2.10. The molecule has 0 aliphatic heterocycles. The minimum absolute atomic E-state index is 0.0749. The Morgan fingerprint density at radius 2 is 2.00 bits per heavy atom. The molecule has 0 saturated carbocycles. The third-order valence-electron chi connectivity index (χ3n) is 2.54. The number of phenolic OH excluding ortho intramolecular Hbond substituents is 1. The number of para-hydroxylation sites is 2. The van der Waals surface area contributed by atoms with Gasteiger partial charge in [-0.3, -0.25) is 4.79 Å². The molecule has 0 saturated heterocycles. The van der Waals surface area contributed by atoms with Crippen LogP contribution in [0.3, 0.4) is 0 Å². The first-order valence-electron chi connectivity index (χ1n) is 5.24. The van der Waals surface area contributed by atoms with Gasteiger partial charge in [-0.05, 0) is 37.6 Å². The second kappa shape index (κ2) is 4.59. The normalized spacial score (nSPS) is 10.2. The minimum Gasteiger partial charge on any atom is -0.506 e. The van der Waals surface area contributed by atoms with Crippen LogP contribution in [0.1, 0.15) is 20.1 Å². The highest BCUT2D eigenvalue weighted by Gasteiger charge is 2.11. The molecule has 0 radical (unpaired) electrons. The zero-order valence-electron chi connectivity index (χ0n) is 9.65. The molecule has 0 atom stereocenters. The summed E-state index contributed by atoms with van der Waals surface area (Å²) in [6.45, 7) is 3.96. The zero-order valence-corrected chi connectivity index (χ0v) is 10.5. The molecule has 2 rings (SSSR count). The smallest absolute Gasteiger partial charge is 0.265 e. The second-order valence-electron chi connectivity index (χ2n) is 3.82. The summed E-state index contributed by atoms with van der Waals surface area (Å²) in [7, 11) is 0. The van der Waals surface area contributed by atoms with Crippen LogP contribution in [0.25, 0.3) is 0 Å². The predicted molar refractivity (Wildman–Crippen MR) is 69.9 cm³/mol. The predicted octanol–water partition coefficient (Wildman–Crippen LogP) is 3.32. The maximum Gasteiger partial charge on any atom is 0.265 e. The molecule has 0 aliphatic rings. The molecule has 1 aromatic heterocycles. The molecular weight excluding hydrogens is 234 g/mol. The van der Waals surface area contributed by atoms with Crippen LogP contribution in [0.4, 0.5) is 5.69 Å². The monoisotopic (exact) mass is 247 g/mol. The van der Waals surface area contributed by atoms with Gasteiger partial charge in [0.05, 0.1) is 10.6 Å². The number of nitrogens with one attached hydrogen (secondary N) is 1. The maximum atomic E-state index is 11.9. The Labute approximate surface area is 104 Å². The van der Waals surface area contributed by atoms with Gasteiger partial charge in [0.1, 0.15) is 5.75 Å². The Hall–Kier alpha value is -1.81. The van der Waals surface area contributed by atoms with Gasteiger partial charge in [-0.15, -0.1) is 11.3 Å². The highest BCUT2D eigenvalue weighted by molar-refractivity contribution is 7.14. The van der Waals surface area contributed by atoms with Crippen LogP contribution in [0.2, 0.25) is 0 Å². The summed E-state index contributed by atoms with van der Waals surface area (Å²) in [5.41, 5.74) is 1.54. The van der Waals surface area contributed by atoms with Crippen molar-refractivity contribution >= 4 is 22.9 Å². The van der Waals surface area contributed by atoms with E-state index in [1.807, 2.05) is 19.9 Å². The topological polar surface area (TPSA) is 49.3 Å². The van der Waals surface area contributed by atoms with Gasteiger partial charge in [0.15, 0.2) is 0 Å². The number of aromatic hydroxyl groups is 1. The average Bonchev–Trinajstić information content (AvgIpc) is 2.63. The average molecular weight is 247 g/mol. The molecule has 0 aliphatic carbocycles. The summed E-state index contributed by atoms with van der Waals surface area (Å²) in [5, 5.41) is 12.2. The molecule has 4 heteroatoms. The van der Waals surface area contributed by atoms with Gasteiger partial charge >= 0.3 is 0 Å². The fourth-order valence-corrected chi connectivity index (χ4v) is 2.38. The molecule has 1 amide bonds. The molecule has 0 fully saturated rings. The van der Waals surface area contributed by atoms with Crippen molar-refractivity contribution in [1.82, 2.24) is 0 Å². The van der Waals surface area contributed by atoms with Crippen molar-refractivity contribution in [2.24, 2.45) is 0 Å². The number of thiophene rings is 1. The Bertz CT molecular complexity index is 541. The van der Waals surface area contributed by atoms with Gasteiger partial charge in [0.25, 0.3) is 5.91 Å². The second-order valence-corrected chi connectivity index (χ2v) is 5.08. The number of aryl methyl sites for hydroxylation is 2. The number of anilines is 1. The molecule has 88 valence electrons. The van der Waals surface area contributed by atoms with Crippen molar-refractivity contribution in [3.63, 3.8) is 0 Å². The van der Waals surface area contributed by atoms with Crippen LogP contribution in [0, 0.1) is 13.8 Å². The number of phenols is 1. The lowest BCUT2D eigenvalue weighted by Gasteiger charge is -2.05. The van der Waals surface area contributed by atoms with Gasteiger partial charge < -0.3 is 10.4 Å². The van der Waals surface area contributed by atoms with E-state index in [2.05, 4.69) is 5.32 Å². The first-order valence-corrected chi connectivity index (χ1v) is 6.06. The molecular formula is C13H13NO2S. The first-order chi connectivity index (χ1) is 8.08. The number of benzene rings is 1. The van der Waals surface area contributed by atoms with Gasteiger partial charge in [0.2, 0.25) is 0 Å². The first kappa shape index (κ1) is 11.7. The Balaban J connectivity index is 2.20. The summed E-state index contributed by atoms with van der Waals surface area (Å²) in [6.07, 6.45) is 0. The highest BCUT2D eigenvalue weighted by atomic mass is 32.1. The van der Waals surface area contributed by atoms with Gasteiger partial charge in [0, 0.05) is 4.88 Å². The zero-order chi connectivity index (χ0) is 12.4. The molecule has 1 heterocycles. The van der Waals surface area contributed by atoms with Crippen molar-refractivity contribution in [2.75, 3.05) is 5.32 Å². The van der Waals surface area contributed by atoms with E-state index in [-0.39, 0.29) is 11.7 Å². The van der Waals surface area contributed by atoms with Crippen molar-refractivity contribution in [2.45, 2.75) is 13.8 Å². The van der Waals surface area contributed by atoms with Crippen molar-refractivity contribution in [3.8, 4) is 5.75 Å². The minimum atomic E-state index is -0.187. The maximum absolute atomic E-state index is 11.9. The summed E-state index contributed by atoms with van der Waals surface area (Å²) in [5.74, 6) is -0.112. The summed E-state index contributed by atoms with van der Waals surface area (Å²) < 4.78 is 0. The largest absolute Gasteiger partial charge is 0.506 e. The Kier molecular flexibility index (Phi) is 3.15. The van der Waals surface area contributed by atoms with E-state index in [9.17, 15) is 9.90 Å². The van der Waals surface area contributed by atoms with E-state index in [4.69, 9.17) is 0 Å². The van der Waals surface area contributed by atoms with E-state index in [1.165, 1.54) is 11.3 Å². The number of hydrogen-bond donors (Lipinski definition) is 2. The third-order valence-corrected chi connectivity index (χ3v) is 3.69. The van der Waals surface area contributed by atoms with Crippen LogP contribution >= 0.6 is 11.3 Å². The summed E-state index contributed by atoms with van der Waals surface area (Å²) in [6, 6.07) is 8.54. The Morgan fingerprint density at radius 3 is 2.59 bits per heavy atom. The van der Waals surface area contributed by atoms with Crippen LogP contribution in [-0.2, 0) is 0 Å². The molecule has 17 heavy (non-hydrogen) atoms. The van der Waals surface area contributed by atoms with Gasteiger partial charge in [-0.2, -0.15) is 0 Å². The standard InChI is InChI=1S/C13H13NO2S/c1-8-7-12(17-9(8)2)13(16)14-10-5-3-4-6-11(10)15/h3-7,15H,1-2H3,(H,14,16). The van der Waals surface area contributed by atoms with Crippen molar-refractivity contribution in [1.29, 1.82) is 0 Å². The number of carbonyl (C=O) groups excluding carboxylic acids is 1. The van der Waals surface area contributed by atoms with E-state index in [0.29, 0.717) is 10.6 Å². The van der Waals surface area contributed by atoms with Crippen LogP contribution in [0.15, 0.2) is 30.3 Å². The van der Waals surface area contributed by atoms with Crippen molar-refractivity contribution < 1.29 is 9.90 Å². The van der Waals surface area contributed by atoms with E-state index in [1.54, 1.807) is 24.3 Å². The highest BCUT2D eigenvalue weighted by Crippen LogP contribution is 2.25. The van der Waals surface area contributed by atoms with Crippen LogP contribution in [0.5, 0.6) is 5.75 Å². The molecule has 0 unspecified atom stereocenters. The molecule has 3 nitrogen and oxygen atoms in total. The van der Waals surface area contributed by atoms with E-state index < -0.39 is 0 Å². The van der Waals surface area contributed by atoms with Crippen LogP contribution < -0.4 is 5.32 Å². The fraction of sp³-hybridized carbons (Fsp3) is 0.154. The molecule has 2 N–H and O–H groups in total. The number of rotatable bonds is 2. The summed E-state index contributed by atoms with van der Waals surface area (Å²) >= 11 is 1.45. The van der Waals surface area contributed by atoms with E-state index >= 15 is 0 Å². The Morgan fingerprint density at radius 1 is 1.29 bits per heavy atom. The SMILES string of the molecule is Cc1cc(C(=O)Nc2ccccc2O)sc1C. The molecule has 2 aromatic rings. The van der Waals surface area contributed by atoms with Crippen molar-refractivity contribution in [3.05, 3.63) is 45.6 Å². The lowest BCUT2D eigenvalue weighted by molar-refractivity contribution is 0.103. The summed E-state index contributed by atoms with van der Waals surface area (Å²) in [4.78, 5) is 13.7. The van der Waals surface area contributed by atoms with E-state index in [0.717, 1.165) is 10.4 Å². The quantitative estimate of drug-likeness (QED) is 0.800. The number of amides is 1. The van der Waals surface area contributed by atoms with Crippen LogP contribution in [-0.4, -0.2) is 11.0 Å². The fourth-order valence-electron chi connectivity index (χ4n) is 1.45. The lowest BCUT2D eigenvalue weighted by atomic mass is 10.2. The van der Waals surface area contributed by atoms with Gasteiger partial charge in [-0.1, -0.05) is 12.1 Å². The molecule has 0 spiro atoms. The van der Waals surface area contributed by atoms with Gasteiger partial charge in [-0.25, -0.2) is 0 Å². The molecule has 0 bridgehead atoms.